The Bertz CT molecular complexity index is 1580. The second-order valence-electron chi connectivity index (χ2n) is 10.6. The molecule has 11 heteroatoms. The maximum atomic E-state index is 13.0. The van der Waals surface area contributed by atoms with Gasteiger partial charge in [-0.3, -0.25) is 4.57 Å². The van der Waals surface area contributed by atoms with Gasteiger partial charge in [-0.05, 0) is 63.5 Å². The van der Waals surface area contributed by atoms with Crippen LogP contribution in [0.15, 0.2) is 94.8 Å². The largest absolute Gasteiger partial charge is 0.497 e. The Morgan fingerprint density at radius 1 is 1.00 bits per heavy atom. The van der Waals surface area contributed by atoms with Gasteiger partial charge in [-0.2, -0.15) is 4.98 Å². The monoisotopic (exact) mass is 710 g/mol. The van der Waals surface area contributed by atoms with E-state index in [2.05, 4.69) is 32.6 Å². The molecule has 3 aromatic carbocycles. The molecule has 0 spiro atoms. The molecule has 1 aliphatic rings. The molecule has 0 saturated carbocycles. The number of aliphatic hydroxyl groups is 1. The fraction of sp³-hybridized carbons (Fsp3) is 0.303. The van der Waals surface area contributed by atoms with E-state index >= 15 is 0 Å². The highest BCUT2D eigenvalue weighted by molar-refractivity contribution is 14.1. The van der Waals surface area contributed by atoms with E-state index in [-0.39, 0.29) is 13.0 Å². The van der Waals surface area contributed by atoms with Crippen LogP contribution in [-0.4, -0.2) is 73.0 Å². The van der Waals surface area contributed by atoms with Gasteiger partial charge in [-0.15, -0.1) is 0 Å². The number of rotatable bonds is 11. The second kappa shape index (κ2) is 13.9. The summed E-state index contributed by atoms with van der Waals surface area (Å²) in [5.41, 5.74) is 1.04. The number of ether oxygens (including phenoxy) is 4. The molecule has 44 heavy (non-hydrogen) atoms. The van der Waals surface area contributed by atoms with E-state index in [4.69, 9.17) is 18.9 Å². The maximum absolute atomic E-state index is 13.0. The summed E-state index contributed by atoms with van der Waals surface area (Å²) >= 11 is 2.09. The Balaban J connectivity index is 1.49. The zero-order valence-electron chi connectivity index (χ0n) is 25.0. The van der Waals surface area contributed by atoms with Gasteiger partial charge in [-0.25, -0.2) is 9.79 Å². The summed E-state index contributed by atoms with van der Waals surface area (Å²) in [5, 5.41) is 11.1. The first-order valence-corrected chi connectivity index (χ1v) is 15.1. The minimum absolute atomic E-state index is 0.0368. The van der Waals surface area contributed by atoms with Gasteiger partial charge in [0.25, 0.3) is 0 Å². The molecule has 0 radical (unpaired) electrons. The van der Waals surface area contributed by atoms with Crippen molar-refractivity contribution >= 4 is 34.7 Å². The minimum atomic E-state index is -1.07. The lowest BCUT2D eigenvalue weighted by Crippen LogP contribution is -2.38. The molecule has 1 saturated heterocycles. The molecule has 1 fully saturated rings. The lowest BCUT2D eigenvalue weighted by atomic mass is 9.80. The molecule has 5 rings (SSSR count). The van der Waals surface area contributed by atoms with E-state index in [9.17, 15) is 9.90 Å². The number of aliphatic hydroxyl groups excluding tert-OH is 1. The summed E-state index contributed by atoms with van der Waals surface area (Å²) in [5.74, 6) is 1.76. The third-order valence-corrected chi connectivity index (χ3v) is 8.21. The summed E-state index contributed by atoms with van der Waals surface area (Å²) in [7, 11) is 6.93. The van der Waals surface area contributed by atoms with Crippen molar-refractivity contribution in [3.63, 3.8) is 0 Å². The smallest absolute Gasteiger partial charge is 0.351 e. The molecule has 1 aromatic heterocycles. The van der Waals surface area contributed by atoms with Gasteiger partial charge in [-0.1, -0.05) is 54.6 Å². The lowest BCUT2D eigenvalue weighted by molar-refractivity contribution is -0.0944. The Hall–Kier alpha value is -3.78. The first kappa shape index (κ1) is 31.6. The maximum Gasteiger partial charge on any atom is 0.351 e. The zero-order valence-corrected chi connectivity index (χ0v) is 27.1. The van der Waals surface area contributed by atoms with Gasteiger partial charge >= 0.3 is 5.69 Å². The first-order valence-electron chi connectivity index (χ1n) is 14.1. The van der Waals surface area contributed by atoms with Gasteiger partial charge < -0.3 is 29.0 Å². The van der Waals surface area contributed by atoms with E-state index < -0.39 is 29.7 Å². The average Bonchev–Trinajstić information content (AvgIpc) is 3.42. The predicted octanol–water partition coefficient (Wildman–Crippen LogP) is 4.74. The van der Waals surface area contributed by atoms with Gasteiger partial charge in [0, 0.05) is 26.7 Å². The number of halogens is 1. The number of benzene rings is 3. The number of aromatic nitrogens is 2. The van der Waals surface area contributed by atoms with Crippen LogP contribution in [0.2, 0.25) is 0 Å². The molecule has 1 N–H and O–H groups in total. The molecule has 2 heterocycles. The molecular formula is C33H35IN4O6. The van der Waals surface area contributed by atoms with Gasteiger partial charge in [0.15, 0.2) is 5.82 Å². The molecular weight excluding hydrogens is 675 g/mol. The average molecular weight is 711 g/mol. The van der Waals surface area contributed by atoms with Crippen LogP contribution in [0.25, 0.3) is 0 Å². The highest BCUT2D eigenvalue weighted by Gasteiger charge is 2.42. The Kier molecular flexibility index (Phi) is 9.99. The van der Waals surface area contributed by atoms with Crippen LogP contribution >= 0.6 is 22.6 Å². The predicted molar refractivity (Wildman–Crippen MR) is 176 cm³/mol. The summed E-state index contributed by atoms with van der Waals surface area (Å²) in [4.78, 5) is 23.1. The van der Waals surface area contributed by atoms with Crippen molar-refractivity contribution < 1.29 is 24.1 Å². The van der Waals surface area contributed by atoms with Crippen LogP contribution in [0.4, 0.5) is 5.82 Å². The Morgan fingerprint density at radius 2 is 1.57 bits per heavy atom. The van der Waals surface area contributed by atoms with Gasteiger partial charge in [0.05, 0.1) is 36.8 Å². The lowest BCUT2D eigenvalue weighted by Gasteiger charge is -2.37. The molecule has 0 bridgehead atoms. The van der Waals surface area contributed by atoms with E-state index in [0.717, 1.165) is 28.2 Å². The second-order valence-corrected chi connectivity index (χ2v) is 11.7. The minimum Gasteiger partial charge on any atom is -0.497 e. The summed E-state index contributed by atoms with van der Waals surface area (Å²) in [6.07, 6.45) is 1.14. The van der Waals surface area contributed by atoms with Crippen LogP contribution in [0.5, 0.6) is 11.5 Å². The molecule has 1 aliphatic heterocycles. The van der Waals surface area contributed by atoms with Crippen molar-refractivity contribution in [2.75, 3.05) is 34.9 Å². The molecule has 3 atom stereocenters. The topological polar surface area (TPSA) is 108 Å². The van der Waals surface area contributed by atoms with Crippen molar-refractivity contribution in [3.05, 3.63) is 116 Å². The Labute approximate surface area is 270 Å². The van der Waals surface area contributed by atoms with E-state index in [0.29, 0.717) is 9.39 Å². The van der Waals surface area contributed by atoms with Gasteiger partial charge in [0.2, 0.25) is 0 Å². The SMILES string of the molecule is COc1ccc(C(OC[C@H]2O[C@@H](n3cc(I)c(N=CN(C)C)nc3=O)C[C@@H]2O)(c2ccccc2)c2ccc(OC)cc2)cc1. The normalized spacial score (nSPS) is 18.5. The van der Waals surface area contributed by atoms with Crippen molar-refractivity contribution in [3.8, 4) is 11.5 Å². The molecule has 0 amide bonds. The van der Waals surface area contributed by atoms with E-state index in [1.807, 2.05) is 93.0 Å². The van der Waals surface area contributed by atoms with Crippen LogP contribution in [-0.2, 0) is 15.1 Å². The summed E-state index contributed by atoms with van der Waals surface area (Å²) in [6, 6.07) is 25.4. The van der Waals surface area contributed by atoms with Crippen LogP contribution in [0, 0.1) is 3.57 Å². The highest BCUT2D eigenvalue weighted by atomic mass is 127. The molecule has 230 valence electrons. The molecule has 0 aliphatic carbocycles. The van der Waals surface area contributed by atoms with Gasteiger partial charge in [0.1, 0.15) is 29.4 Å². The number of nitrogens with zero attached hydrogens (tertiary/aromatic N) is 4. The number of aliphatic imine (C=N–C) groups is 1. The molecule has 10 nitrogen and oxygen atoms in total. The zero-order chi connectivity index (χ0) is 31.3. The third-order valence-electron chi connectivity index (χ3n) is 7.45. The molecule has 0 unspecified atom stereocenters. The number of hydrogen-bond donors (Lipinski definition) is 1. The summed E-state index contributed by atoms with van der Waals surface area (Å²) < 4.78 is 26.1. The standard InChI is InChI=1S/C33H35IN4O6/c1-37(2)21-35-31-27(34)19-38(32(40)36-31)30-18-28(39)29(44-30)20-43-33(22-8-6-5-7-9-22,23-10-14-25(41-3)15-11-23)24-12-16-26(42-4)17-13-24/h5-17,19,21,28-30,39H,18,20H2,1-4H3/t28-,29+,30+/m0/s1. The van der Waals surface area contributed by atoms with Crippen LogP contribution < -0.4 is 15.2 Å². The quantitative estimate of drug-likeness (QED) is 0.103. The van der Waals surface area contributed by atoms with E-state index in [1.165, 1.54) is 4.57 Å². The van der Waals surface area contributed by atoms with Crippen LogP contribution in [0.3, 0.4) is 0 Å². The summed E-state index contributed by atoms with van der Waals surface area (Å²) in [6.45, 7) is 0.0368. The fourth-order valence-electron chi connectivity index (χ4n) is 5.22. The first-order chi connectivity index (χ1) is 21.2. The molecule has 4 aromatic rings. The number of methoxy groups -OCH3 is 2. The fourth-order valence-corrected chi connectivity index (χ4v) is 5.78. The van der Waals surface area contributed by atoms with Crippen molar-refractivity contribution in [2.24, 2.45) is 4.99 Å². The van der Waals surface area contributed by atoms with Crippen molar-refractivity contribution in [2.45, 2.75) is 30.5 Å². The van der Waals surface area contributed by atoms with Crippen molar-refractivity contribution in [1.82, 2.24) is 14.5 Å². The van der Waals surface area contributed by atoms with E-state index in [1.54, 1.807) is 31.7 Å². The third kappa shape index (κ3) is 6.65. The van der Waals surface area contributed by atoms with Crippen LogP contribution in [0.1, 0.15) is 29.3 Å². The number of hydrogen-bond acceptors (Lipinski definition) is 8. The highest BCUT2D eigenvalue weighted by Crippen LogP contribution is 2.42. The van der Waals surface area contributed by atoms with Crippen molar-refractivity contribution in [1.29, 1.82) is 0 Å². The Morgan fingerprint density at radius 3 is 2.11 bits per heavy atom.